The molecule has 3 heterocycles. The molecule has 11 heteroatoms. The Morgan fingerprint density at radius 1 is 0.971 bits per heavy atom. The fourth-order valence-electron chi connectivity index (χ4n) is 3.70. The topological polar surface area (TPSA) is 115 Å². The molecule has 0 saturated heterocycles. The van der Waals surface area contributed by atoms with Crippen molar-refractivity contribution in [2.24, 2.45) is 14.1 Å². The Morgan fingerprint density at radius 3 is 2.47 bits per heavy atom. The van der Waals surface area contributed by atoms with Gasteiger partial charge < -0.3 is 10.3 Å². The maximum atomic E-state index is 12.5. The number of aryl methyl sites for hydroxylation is 2. The first kappa shape index (κ1) is 21.7. The van der Waals surface area contributed by atoms with Crippen LogP contribution in [-0.4, -0.2) is 33.9 Å². The number of anilines is 1. The van der Waals surface area contributed by atoms with Crippen LogP contribution >= 0.6 is 11.8 Å². The zero-order valence-electron chi connectivity index (χ0n) is 18.8. The van der Waals surface area contributed by atoms with E-state index < -0.39 is 11.2 Å². The molecule has 0 aliphatic carbocycles. The molecule has 10 nitrogen and oxygen atoms in total. The van der Waals surface area contributed by atoms with Gasteiger partial charge in [0.2, 0.25) is 5.16 Å². The number of benzene rings is 2. The second-order valence-corrected chi connectivity index (χ2v) is 8.74. The van der Waals surface area contributed by atoms with Crippen molar-refractivity contribution in [3.05, 3.63) is 86.8 Å². The Balaban J connectivity index is 1.54. The van der Waals surface area contributed by atoms with Crippen LogP contribution in [0.2, 0.25) is 0 Å². The minimum absolute atomic E-state index is 0.263. The van der Waals surface area contributed by atoms with Crippen LogP contribution in [0.3, 0.4) is 0 Å². The summed E-state index contributed by atoms with van der Waals surface area (Å²) in [6, 6.07) is 17.8. The molecule has 2 aromatic carbocycles. The van der Waals surface area contributed by atoms with Gasteiger partial charge in [-0.2, -0.15) is 0 Å². The first-order chi connectivity index (χ1) is 16.4. The van der Waals surface area contributed by atoms with E-state index in [9.17, 15) is 9.59 Å². The van der Waals surface area contributed by atoms with E-state index in [-0.39, 0.29) is 5.52 Å². The van der Waals surface area contributed by atoms with Crippen LogP contribution < -0.4 is 16.6 Å². The van der Waals surface area contributed by atoms with Gasteiger partial charge in [-0.1, -0.05) is 36.4 Å². The third kappa shape index (κ3) is 3.79. The summed E-state index contributed by atoms with van der Waals surface area (Å²) in [5, 5.41) is 13.3. The summed E-state index contributed by atoms with van der Waals surface area (Å²) in [5.74, 6) is 0.719. The molecule has 0 radical (unpaired) electrons. The summed E-state index contributed by atoms with van der Waals surface area (Å²) in [6.45, 7) is 2.51. The first-order valence-electron chi connectivity index (χ1n) is 10.6. The highest BCUT2D eigenvalue weighted by atomic mass is 32.2. The van der Waals surface area contributed by atoms with Crippen molar-refractivity contribution in [3.63, 3.8) is 0 Å². The molecule has 5 rings (SSSR count). The number of fused-ring (bicyclic) bond motifs is 1. The van der Waals surface area contributed by atoms with Crippen LogP contribution in [0.5, 0.6) is 0 Å². The Morgan fingerprint density at radius 2 is 1.71 bits per heavy atom. The van der Waals surface area contributed by atoms with Gasteiger partial charge in [0.1, 0.15) is 0 Å². The van der Waals surface area contributed by atoms with E-state index in [1.54, 1.807) is 7.05 Å². The maximum Gasteiger partial charge on any atom is 0.332 e. The molecule has 3 aromatic heterocycles. The minimum Gasteiger partial charge on any atom is -0.378 e. The number of aromatic nitrogens is 7. The van der Waals surface area contributed by atoms with Crippen LogP contribution in [0.15, 0.2) is 74.5 Å². The SMILES string of the molecule is Cc1ccccc1NCc1nnc(Sc2nc3c([nH]2)c(=O)n(C)c(=O)n3C)n1-c1ccccc1. The quantitative estimate of drug-likeness (QED) is 0.389. The number of hydrogen-bond acceptors (Lipinski definition) is 7. The molecule has 2 N–H and O–H groups in total. The third-order valence-electron chi connectivity index (χ3n) is 5.56. The highest BCUT2D eigenvalue weighted by Gasteiger charge is 2.19. The summed E-state index contributed by atoms with van der Waals surface area (Å²) in [4.78, 5) is 32.3. The average Bonchev–Trinajstić information content (AvgIpc) is 3.46. The first-order valence-corrected chi connectivity index (χ1v) is 11.4. The predicted octanol–water partition coefficient (Wildman–Crippen LogP) is 2.61. The van der Waals surface area contributed by atoms with E-state index in [0.717, 1.165) is 27.3 Å². The van der Waals surface area contributed by atoms with Gasteiger partial charge in [-0.15, -0.1) is 10.2 Å². The maximum absolute atomic E-state index is 12.5. The molecule has 0 saturated carbocycles. The lowest BCUT2D eigenvalue weighted by atomic mass is 10.2. The Bertz CT molecular complexity index is 1610. The lowest BCUT2D eigenvalue weighted by Gasteiger charge is -2.12. The number of aromatic amines is 1. The van der Waals surface area contributed by atoms with Gasteiger partial charge in [-0.3, -0.25) is 18.5 Å². The van der Waals surface area contributed by atoms with Gasteiger partial charge >= 0.3 is 5.69 Å². The molecule has 0 bridgehead atoms. The van der Waals surface area contributed by atoms with E-state index >= 15 is 0 Å². The number of imidazole rings is 1. The monoisotopic (exact) mass is 474 g/mol. The molecule has 0 unspecified atom stereocenters. The highest BCUT2D eigenvalue weighted by Crippen LogP contribution is 2.28. The molecule has 0 atom stereocenters. The van der Waals surface area contributed by atoms with Crippen LogP contribution in [0, 0.1) is 6.92 Å². The molecular formula is C23H22N8O2S. The van der Waals surface area contributed by atoms with Crippen LogP contribution in [-0.2, 0) is 20.6 Å². The lowest BCUT2D eigenvalue weighted by Crippen LogP contribution is -2.36. The Hall–Kier alpha value is -4.12. The van der Waals surface area contributed by atoms with Crippen molar-refractivity contribution in [2.75, 3.05) is 5.32 Å². The molecular weight excluding hydrogens is 452 g/mol. The van der Waals surface area contributed by atoms with Crippen molar-refractivity contribution in [2.45, 2.75) is 23.8 Å². The molecule has 0 fully saturated rings. The van der Waals surface area contributed by atoms with Crippen molar-refractivity contribution < 1.29 is 0 Å². The van der Waals surface area contributed by atoms with Crippen LogP contribution in [0.1, 0.15) is 11.4 Å². The fraction of sp³-hybridized carbons (Fsp3) is 0.174. The number of para-hydroxylation sites is 2. The van der Waals surface area contributed by atoms with Gasteiger partial charge in [0.25, 0.3) is 5.56 Å². The van der Waals surface area contributed by atoms with E-state index in [1.807, 2.05) is 66.1 Å². The van der Waals surface area contributed by atoms with E-state index in [1.165, 1.54) is 23.4 Å². The second kappa shape index (κ2) is 8.67. The molecule has 0 aliphatic rings. The van der Waals surface area contributed by atoms with E-state index in [0.29, 0.717) is 22.5 Å². The van der Waals surface area contributed by atoms with E-state index in [2.05, 4.69) is 25.5 Å². The van der Waals surface area contributed by atoms with Gasteiger partial charge in [0, 0.05) is 25.5 Å². The summed E-state index contributed by atoms with van der Waals surface area (Å²) in [6.07, 6.45) is 0. The molecule has 0 spiro atoms. The molecule has 34 heavy (non-hydrogen) atoms. The van der Waals surface area contributed by atoms with Crippen molar-refractivity contribution in [1.82, 2.24) is 33.9 Å². The van der Waals surface area contributed by atoms with Crippen LogP contribution in [0.25, 0.3) is 16.9 Å². The van der Waals surface area contributed by atoms with E-state index in [4.69, 9.17) is 0 Å². The van der Waals surface area contributed by atoms with Gasteiger partial charge in [0.15, 0.2) is 22.1 Å². The number of hydrogen-bond donors (Lipinski definition) is 2. The number of nitrogens with zero attached hydrogens (tertiary/aromatic N) is 6. The Labute approximate surface area is 198 Å². The summed E-state index contributed by atoms with van der Waals surface area (Å²) in [5.41, 5.74) is 2.76. The van der Waals surface area contributed by atoms with Crippen molar-refractivity contribution in [1.29, 1.82) is 0 Å². The Kier molecular flexibility index (Phi) is 5.54. The zero-order chi connectivity index (χ0) is 23.8. The summed E-state index contributed by atoms with van der Waals surface area (Å²) < 4.78 is 4.34. The highest BCUT2D eigenvalue weighted by molar-refractivity contribution is 7.99. The zero-order valence-corrected chi connectivity index (χ0v) is 19.6. The number of H-pyrrole nitrogens is 1. The standard InChI is InChI=1S/C23H22N8O2S/c1-14-9-7-8-12-16(14)24-13-17-27-28-22(31(17)15-10-5-4-6-11-15)34-21-25-18-19(26-21)29(2)23(33)30(3)20(18)32/h4-12,24H,13H2,1-3H3,(H,25,26). The molecule has 5 aromatic rings. The normalized spacial score (nSPS) is 11.3. The van der Waals surface area contributed by atoms with Gasteiger partial charge in [0.05, 0.1) is 6.54 Å². The van der Waals surface area contributed by atoms with Crippen molar-refractivity contribution in [3.8, 4) is 5.69 Å². The average molecular weight is 475 g/mol. The smallest absolute Gasteiger partial charge is 0.332 e. The minimum atomic E-state index is -0.433. The van der Waals surface area contributed by atoms with Crippen LogP contribution in [0.4, 0.5) is 5.69 Å². The van der Waals surface area contributed by atoms with Crippen molar-refractivity contribution >= 4 is 28.6 Å². The second-order valence-electron chi connectivity index (χ2n) is 7.79. The summed E-state index contributed by atoms with van der Waals surface area (Å²) >= 11 is 1.24. The third-order valence-corrected chi connectivity index (χ3v) is 6.39. The molecule has 172 valence electrons. The molecule has 0 amide bonds. The fourth-order valence-corrected chi connectivity index (χ4v) is 4.54. The summed E-state index contributed by atoms with van der Waals surface area (Å²) in [7, 11) is 3.03. The predicted molar refractivity (Wildman–Crippen MR) is 131 cm³/mol. The van der Waals surface area contributed by atoms with Gasteiger partial charge in [-0.25, -0.2) is 9.78 Å². The number of nitrogens with one attached hydrogen (secondary N) is 2. The molecule has 0 aliphatic heterocycles. The largest absolute Gasteiger partial charge is 0.378 e. The number of rotatable bonds is 6. The van der Waals surface area contributed by atoms with Gasteiger partial charge in [-0.05, 0) is 42.4 Å². The lowest BCUT2D eigenvalue weighted by molar-refractivity contribution is 0.708.